The van der Waals surface area contributed by atoms with Crippen molar-refractivity contribution in [3.63, 3.8) is 0 Å². The minimum Gasteiger partial charge on any atom is -0.394 e. The van der Waals surface area contributed by atoms with Gasteiger partial charge < -0.3 is 29.9 Å². The zero-order valence-corrected chi connectivity index (χ0v) is 9.01. The Morgan fingerprint density at radius 2 is 2.12 bits per heavy atom. The standard InChI is InChI=1S/C8H15N3O6/c9-11-10-1-2-16-8(4-13)7(15)6(14)5(3-12)17-8/h5-7,12-15H,1-4H2/t5-,6-,7+,8-/m1/s1. The van der Waals surface area contributed by atoms with Crippen molar-refractivity contribution in [1.29, 1.82) is 0 Å². The molecule has 0 aromatic heterocycles. The SMILES string of the molecule is [N-]=[N+]=NCCO[C@]1(CO)O[C@H](CO)[C@@H](O)[C@@H]1O. The van der Waals surface area contributed by atoms with Crippen molar-refractivity contribution < 1.29 is 29.9 Å². The van der Waals surface area contributed by atoms with Crippen LogP contribution in [-0.4, -0.2) is 70.9 Å². The molecule has 0 amide bonds. The first-order valence-electron chi connectivity index (χ1n) is 5.01. The Morgan fingerprint density at radius 3 is 2.59 bits per heavy atom. The van der Waals surface area contributed by atoms with Gasteiger partial charge in [-0.15, -0.1) is 0 Å². The maximum absolute atomic E-state index is 9.69. The van der Waals surface area contributed by atoms with Gasteiger partial charge in [-0.3, -0.25) is 0 Å². The summed E-state index contributed by atoms with van der Waals surface area (Å²) >= 11 is 0. The summed E-state index contributed by atoms with van der Waals surface area (Å²) in [5.41, 5.74) is 8.05. The highest BCUT2D eigenvalue weighted by Crippen LogP contribution is 2.32. The Kier molecular flexibility index (Phi) is 5.09. The molecule has 9 heteroatoms. The van der Waals surface area contributed by atoms with E-state index >= 15 is 0 Å². The first kappa shape index (κ1) is 14.1. The summed E-state index contributed by atoms with van der Waals surface area (Å²) in [6.45, 7) is -1.31. The molecule has 0 aliphatic carbocycles. The van der Waals surface area contributed by atoms with Gasteiger partial charge in [-0.25, -0.2) is 0 Å². The average molecular weight is 249 g/mol. The quantitative estimate of drug-likeness (QED) is 0.187. The second-order valence-electron chi connectivity index (χ2n) is 3.55. The molecule has 1 rings (SSSR count). The topological polar surface area (TPSA) is 148 Å². The maximum atomic E-state index is 9.69. The second kappa shape index (κ2) is 6.12. The molecular weight excluding hydrogens is 234 g/mol. The van der Waals surface area contributed by atoms with E-state index in [1.165, 1.54) is 0 Å². The van der Waals surface area contributed by atoms with Crippen molar-refractivity contribution in [2.75, 3.05) is 26.4 Å². The number of rotatable bonds is 6. The molecule has 0 unspecified atom stereocenters. The van der Waals surface area contributed by atoms with Crippen LogP contribution in [0.5, 0.6) is 0 Å². The zero-order valence-electron chi connectivity index (χ0n) is 9.01. The highest BCUT2D eigenvalue weighted by molar-refractivity contribution is 4.96. The summed E-state index contributed by atoms with van der Waals surface area (Å²) in [6.07, 6.45) is -3.88. The van der Waals surface area contributed by atoms with Gasteiger partial charge in [-0.05, 0) is 5.53 Å². The van der Waals surface area contributed by atoms with Gasteiger partial charge in [-0.2, -0.15) is 0 Å². The van der Waals surface area contributed by atoms with Crippen LogP contribution in [0, 0.1) is 0 Å². The minimum absolute atomic E-state index is 0.00574. The summed E-state index contributed by atoms with van der Waals surface area (Å²) in [4.78, 5) is 2.50. The van der Waals surface area contributed by atoms with Crippen molar-refractivity contribution in [3.05, 3.63) is 10.4 Å². The van der Waals surface area contributed by atoms with E-state index in [9.17, 15) is 10.2 Å². The second-order valence-corrected chi connectivity index (χ2v) is 3.55. The smallest absolute Gasteiger partial charge is 0.221 e. The van der Waals surface area contributed by atoms with Gasteiger partial charge in [-0.1, -0.05) is 5.11 Å². The van der Waals surface area contributed by atoms with Gasteiger partial charge in [0.05, 0.1) is 13.2 Å². The molecule has 9 nitrogen and oxygen atoms in total. The van der Waals surface area contributed by atoms with Crippen molar-refractivity contribution in [1.82, 2.24) is 0 Å². The molecule has 0 saturated carbocycles. The van der Waals surface area contributed by atoms with Crippen LogP contribution in [0.3, 0.4) is 0 Å². The lowest BCUT2D eigenvalue weighted by atomic mass is 10.1. The molecular formula is C8H15N3O6. The van der Waals surface area contributed by atoms with Crippen LogP contribution in [0.25, 0.3) is 10.4 Å². The van der Waals surface area contributed by atoms with E-state index in [0.29, 0.717) is 0 Å². The fourth-order valence-corrected chi connectivity index (χ4v) is 1.60. The number of hydrogen-bond donors (Lipinski definition) is 4. The fraction of sp³-hybridized carbons (Fsp3) is 1.00. The van der Waals surface area contributed by atoms with E-state index in [0.717, 1.165) is 0 Å². The van der Waals surface area contributed by atoms with E-state index in [2.05, 4.69) is 10.0 Å². The van der Waals surface area contributed by atoms with E-state index in [1.807, 2.05) is 0 Å². The van der Waals surface area contributed by atoms with Crippen molar-refractivity contribution in [2.24, 2.45) is 5.11 Å². The maximum Gasteiger partial charge on any atom is 0.221 e. The lowest BCUT2D eigenvalue weighted by molar-refractivity contribution is -0.274. The third kappa shape index (κ3) is 2.85. The van der Waals surface area contributed by atoms with Crippen molar-refractivity contribution in [3.8, 4) is 0 Å². The number of hydrogen-bond acceptors (Lipinski definition) is 7. The highest BCUT2D eigenvalue weighted by Gasteiger charge is 2.54. The highest BCUT2D eigenvalue weighted by atomic mass is 16.7. The molecule has 4 atom stereocenters. The molecule has 1 aliphatic rings. The molecule has 4 N–H and O–H groups in total. The molecule has 98 valence electrons. The van der Waals surface area contributed by atoms with Gasteiger partial charge in [0.25, 0.3) is 0 Å². The van der Waals surface area contributed by atoms with Crippen molar-refractivity contribution in [2.45, 2.75) is 24.1 Å². The summed E-state index contributed by atoms with van der Waals surface area (Å²) in [5, 5.41) is 40.5. The lowest BCUT2D eigenvalue weighted by Gasteiger charge is -2.29. The molecule has 1 heterocycles. The third-order valence-corrected chi connectivity index (χ3v) is 2.51. The Morgan fingerprint density at radius 1 is 1.41 bits per heavy atom. The predicted octanol–water partition coefficient (Wildman–Crippen LogP) is -1.89. The van der Waals surface area contributed by atoms with Gasteiger partial charge in [0, 0.05) is 11.5 Å². The molecule has 0 aromatic carbocycles. The number of aliphatic hydroxyl groups is 4. The van der Waals surface area contributed by atoms with Crippen LogP contribution in [0.2, 0.25) is 0 Å². The van der Waals surface area contributed by atoms with E-state index in [1.54, 1.807) is 0 Å². The number of nitrogens with zero attached hydrogens (tertiary/aromatic N) is 3. The van der Waals surface area contributed by atoms with Crippen LogP contribution >= 0.6 is 0 Å². The van der Waals surface area contributed by atoms with Crippen LogP contribution in [0.1, 0.15) is 0 Å². The van der Waals surface area contributed by atoms with E-state index in [4.69, 9.17) is 25.2 Å². The summed E-state index contributed by atoms with van der Waals surface area (Å²) < 4.78 is 10.2. The Labute approximate surface area is 96.8 Å². The van der Waals surface area contributed by atoms with Crippen LogP contribution < -0.4 is 0 Å². The molecule has 1 aliphatic heterocycles. The first-order valence-corrected chi connectivity index (χ1v) is 5.01. The Balaban J connectivity index is 2.64. The molecule has 17 heavy (non-hydrogen) atoms. The summed E-state index contributed by atoms with van der Waals surface area (Å²) in [5.74, 6) is -1.79. The van der Waals surface area contributed by atoms with Crippen LogP contribution in [0.15, 0.2) is 5.11 Å². The average Bonchev–Trinajstić information content (AvgIpc) is 2.60. The monoisotopic (exact) mass is 249 g/mol. The molecule has 0 spiro atoms. The summed E-state index contributed by atoms with van der Waals surface area (Å²) in [6, 6.07) is 0. The van der Waals surface area contributed by atoms with Crippen molar-refractivity contribution >= 4 is 0 Å². The molecule has 1 fully saturated rings. The Hall–Kier alpha value is -0.930. The minimum atomic E-state index is -1.79. The summed E-state index contributed by atoms with van der Waals surface area (Å²) in [7, 11) is 0. The van der Waals surface area contributed by atoms with E-state index < -0.39 is 37.3 Å². The third-order valence-electron chi connectivity index (χ3n) is 2.51. The number of ether oxygens (including phenoxy) is 2. The largest absolute Gasteiger partial charge is 0.394 e. The van der Waals surface area contributed by atoms with E-state index in [-0.39, 0.29) is 13.2 Å². The normalized spacial score (nSPS) is 36.8. The number of aliphatic hydroxyl groups excluding tert-OH is 4. The first-order chi connectivity index (χ1) is 8.11. The molecule has 0 radical (unpaired) electrons. The zero-order chi connectivity index (χ0) is 12.9. The van der Waals surface area contributed by atoms with Gasteiger partial charge in [0.15, 0.2) is 0 Å². The van der Waals surface area contributed by atoms with Gasteiger partial charge in [0.2, 0.25) is 5.79 Å². The fourth-order valence-electron chi connectivity index (χ4n) is 1.60. The van der Waals surface area contributed by atoms with Gasteiger partial charge >= 0.3 is 0 Å². The molecule has 0 aromatic rings. The predicted molar refractivity (Wildman–Crippen MR) is 53.8 cm³/mol. The van der Waals surface area contributed by atoms with Gasteiger partial charge in [0.1, 0.15) is 24.9 Å². The van der Waals surface area contributed by atoms with Crippen LogP contribution in [-0.2, 0) is 9.47 Å². The Bertz CT molecular complexity index is 297. The number of azide groups is 1. The lowest BCUT2D eigenvalue weighted by Crippen LogP contribution is -2.49. The van der Waals surface area contributed by atoms with Crippen LogP contribution in [0.4, 0.5) is 0 Å². The molecule has 1 saturated heterocycles. The molecule has 0 bridgehead atoms.